The van der Waals surface area contributed by atoms with Gasteiger partial charge in [0.15, 0.2) is 0 Å². The molecule has 0 spiro atoms. The van der Waals surface area contributed by atoms with Gasteiger partial charge in [-0.05, 0) is 26.0 Å². The summed E-state index contributed by atoms with van der Waals surface area (Å²) in [7, 11) is 2.07. The summed E-state index contributed by atoms with van der Waals surface area (Å²) in [5.74, 6) is 0. The van der Waals surface area contributed by atoms with Crippen LogP contribution in [0, 0.1) is 11.3 Å². The first-order valence-electron chi connectivity index (χ1n) is 5.35. The van der Waals surface area contributed by atoms with Gasteiger partial charge >= 0.3 is 0 Å². The molecule has 0 saturated carbocycles. The van der Waals surface area contributed by atoms with Crippen molar-refractivity contribution in [2.24, 2.45) is 0 Å². The molecule has 0 bridgehead atoms. The predicted octanol–water partition coefficient (Wildman–Crippen LogP) is 2.46. The lowest BCUT2D eigenvalue weighted by Crippen LogP contribution is -2.31. The van der Waals surface area contributed by atoms with Crippen molar-refractivity contribution in [3.63, 3.8) is 0 Å². The average Bonchev–Trinajstić information content (AvgIpc) is 2.27. The van der Waals surface area contributed by atoms with E-state index < -0.39 is 0 Å². The summed E-state index contributed by atoms with van der Waals surface area (Å²) in [4.78, 5) is 2.23. The Labute approximate surface area is 92.1 Å². The first kappa shape index (κ1) is 11.7. The van der Waals surface area contributed by atoms with Crippen LogP contribution in [0.2, 0.25) is 0 Å². The molecule has 0 saturated heterocycles. The van der Waals surface area contributed by atoms with E-state index in [1.165, 1.54) is 5.56 Å². The fourth-order valence-corrected chi connectivity index (χ4v) is 1.56. The highest BCUT2D eigenvalue weighted by Gasteiger charge is 2.08. The van der Waals surface area contributed by atoms with Gasteiger partial charge in [-0.1, -0.05) is 30.3 Å². The first-order valence-corrected chi connectivity index (χ1v) is 5.35. The summed E-state index contributed by atoms with van der Waals surface area (Å²) in [6.45, 7) is 3.05. The van der Waals surface area contributed by atoms with Crippen molar-refractivity contribution >= 4 is 0 Å². The van der Waals surface area contributed by atoms with E-state index in [9.17, 15) is 0 Å². The summed E-state index contributed by atoms with van der Waals surface area (Å²) in [6, 6.07) is 13.1. The Hall–Kier alpha value is -1.33. The van der Waals surface area contributed by atoms with Crippen molar-refractivity contribution in [2.75, 3.05) is 13.6 Å². The molecule has 0 aliphatic rings. The monoisotopic (exact) mass is 202 g/mol. The minimum atomic E-state index is 0.487. The van der Waals surface area contributed by atoms with Gasteiger partial charge in [-0.25, -0.2) is 0 Å². The molecule has 0 amide bonds. The third kappa shape index (κ3) is 4.14. The van der Waals surface area contributed by atoms with Crippen molar-refractivity contribution in [1.29, 1.82) is 5.26 Å². The summed E-state index contributed by atoms with van der Waals surface area (Å²) in [5, 5.41) is 8.51. The fourth-order valence-electron chi connectivity index (χ4n) is 1.56. The molecule has 0 fully saturated rings. The highest BCUT2D eigenvalue weighted by atomic mass is 15.1. The Bertz CT molecular complexity index is 313. The number of hydrogen-bond acceptors (Lipinski definition) is 2. The molecule has 1 aromatic rings. The lowest BCUT2D eigenvalue weighted by Gasteiger charge is -2.23. The normalized spacial score (nSPS) is 12.4. The van der Waals surface area contributed by atoms with E-state index in [0.29, 0.717) is 12.5 Å². The van der Waals surface area contributed by atoms with Crippen LogP contribution in [0.1, 0.15) is 18.9 Å². The zero-order chi connectivity index (χ0) is 11.1. The number of nitrogens with zero attached hydrogens (tertiary/aromatic N) is 2. The zero-order valence-electron chi connectivity index (χ0n) is 9.48. The molecule has 1 aromatic carbocycles. The lowest BCUT2D eigenvalue weighted by atomic mass is 10.1. The lowest BCUT2D eigenvalue weighted by molar-refractivity contribution is 0.262. The minimum Gasteiger partial charge on any atom is -0.302 e. The van der Waals surface area contributed by atoms with Gasteiger partial charge in [-0.3, -0.25) is 0 Å². The first-order chi connectivity index (χ1) is 7.24. The molecule has 0 radical (unpaired) electrons. The molecule has 2 heteroatoms. The van der Waals surface area contributed by atoms with Crippen molar-refractivity contribution in [3.8, 4) is 6.07 Å². The molecule has 15 heavy (non-hydrogen) atoms. The van der Waals surface area contributed by atoms with Crippen LogP contribution >= 0.6 is 0 Å². The van der Waals surface area contributed by atoms with Gasteiger partial charge < -0.3 is 4.90 Å². The molecule has 1 unspecified atom stereocenters. The van der Waals surface area contributed by atoms with E-state index in [1.807, 2.05) is 6.07 Å². The van der Waals surface area contributed by atoms with E-state index >= 15 is 0 Å². The second-order valence-corrected chi connectivity index (χ2v) is 3.93. The van der Waals surface area contributed by atoms with Crippen LogP contribution in [0.4, 0.5) is 0 Å². The molecule has 2 nitrogen and oxygen atoms in total. The second-order valence-electron chi connectivity index (χ2n) is 3.93. The number of rotatable bonds is 5. The standard InChI is InChI=1S/C13H18N2/c1-12(15(2)10-6-9-14)11-13-7-4-3-5-8-13/h3-5,7-8,12H,6,10-11H2,1-2H3. The van der Waals surface area contributed by atoms with E-state index in [0.717, 1.165) is 13.0 Å². The third-order valence-electron chi connectivity index (χ3n) is 2.70. The molecule has 80 valence electrons. The molecule has 1 rings (SSSR count). The average molecular weight is 202 g/mol. The Morgan fingerprint density at radius 1 is 1.33 bits per heavy atom. The topological polar surface area (TPSA) is 27.0 Å². The smallest absolute Gasteiger partial charge is 0.0635 e. The zero-order valence-corrected chi connectivity index (χ0v) is 9.48. The molecule has 0 aromatic heterocycles. The van der Waals surface area contributed by atoms with Gasteiger partial charge in [0.1, 0.15) is 0 Å². The maximum Gasteiger partial charge on any atom is 0.0635 e. The number of likely N-dealkylation sites (N-methyl/N-ethyl adjacent to an activating group) is 1. The Kier molecular flexibility index (Phi) is 4.86. The van der Waals surface area contributed by atoms with Crippen molar-refractivity contribution < 1.29 is 0 Å². The summed E-state index contributed by atoms with van der Waals surface area (Å²) in [5.41, 5.74) is 1.36. The van der Waals surface area contributed by atoms with Gasteiger partial charge in [0.25, 0.3) is 0 Å². The summed E-state index contributed by atoms with van der Waals surface area (Å²) < 4.78 is 0. The predicted molar refractivity (Wildman–Crippen MR) is 62.5 cm³/mol. The maximum atomic E-state index is 8.51. The van der Waals surface area contributed by atoms with Crippen LogP contribution in [-0.4, -0.2) is 24.5 Å². The van der Waals surface area contributed by atoms with Crippen molar-refractivity contribution in [3.05, 3.63) is 35.9 Å². The molecular formula is C13H18N2. The van der Waals surface area contributed by atoms with Crippen molar-refractivity contribution in [2.45, 2.75) is 25.8 Å². The van der Waals surface area contributed by atoms with E-state index in [4.69, 9.17) is 5.26 Å². The van der Waals surface area contributed by atoms with Gasteiger partial charge in [0.05, 0.1) is 6.07 Å². The SMILES string of the molecule is CC(Cc1ccccc1)N(C)CCC#N. The van der Waals surface area contributed by atoms with Gasteiger partial charge in [0, 0.05) is 19.0 Å². The van der Waals surface area contributed by atoms with Gasteiger partial charge in [-0.15, -0.1) is 0 Å². The van der Waals surface area contributed by atoms with E-state index in [1.54, 1.807) is 0 Å². The number of hydrogen-bond donors (Lipinski definition) is 0. The molecular weight excluding hydrogens is 184 g/mol. The Morgan fingerprint density at radius 2 is 2.00 bits per heavy atom. The largest absolute Gasteiger partial charge is 0.302 e. The molecule has 0 aliphatic heterocycles. The van der Waals surface area contributed by atoms with Crippen LogP contribution in [0.25, 0.3) is 0 Å². The highest BCUT2D eigenvalue weighted by Crippen LogP contribution is 2.07. The van der Waals surface area contributed by atoms with E-state index in [2.05, 4.69) is 49.2 Å². The van der Waals surface area contributed by atoms with Crippen LogP contribution in [0.5, 0.6) is 0 Å². The third-order valence-corrected chi connectivity index (χ3v) is 2.70. The van der Waals surface area contributed by atoms with Gasteiger partial charge in [-0.2, -0.15) is 5.26 Å². The van der Waals surface area contributed by atoms with Crippen LogP contribution in [0.3, 0.4) is 0 Å². The van der Waals surface area contributed by atoms with Crippen LogP contribution < -0.4 is 0 Å². The minimum absolute atomic E-state index is 0.487. The molecule has 0 heterocycles. The summed E-state index contributed by atoms with van der Waals surface area (Å²) >= 11 is 0. The maximum absolute atomic E-state index is 8.51. The Balaban J connectivity index is 2.42. The van der Waals surface area contributed by atoms with Crippen LogP contribution in [0.15, 0.2) is 30.3 Å². The number of nitriles is 1. The van der Waals surface area contributed by atoms with E-state index in [-0.39, 0.29) is 0 Å². The summed E-state index contributed by atoms with van der Waals surface area (Å²) in [6.07, 6.45) is 1.65. The van der Waals surface area contributed by atoms with Crippen molar-refractivity contribution in [1.82, 2.24) is 4.90 Å². The number of benzene rings is 1. The van der Waals surface area contributed by atoms with Gasteiger partial charge in [0.2, 0.25) is 0 Å². The quantitative estimate of drug-likeness (QED) is 0.733. The second kappa shape index (κ2) is 6.21. The molecule has 0 N–H and O–H groups in total. The molecule has 1 atom stereocenters. The highest BCUT2D eigenvalue weighted by molar-refractivity contribution is 5.15. The Morgan fingerprint density at radius 3 is 2.60 bits per heavy atom. The fraction of sp³-hybridized carbons (Fsp3) is 0.462. The molecule has 0 aliphatic carbocycles. The van der Waals surface area contributed by atoms with Crippen LogP contribution in [-0.2, 0) is 6.42 Å².